The molecule has 0 aliphatic heterocycles. The summed E-state index contributed by atoms with van der Waals surface area (Å²) in [7, 11) is 0. The van der Waals surface area contributed by atoms with Crippen LogP contribution in [-0.2, 0) is 9.53 Å². The third-order valence-electron chi connectivity index (χ3n) is 2.27. The van der Waals surface area contributed by atoms with E-state index in [0.717, 1.165) is 17.2 Å². The number of hydrogen-bond acceptors (Lipinski definition) is 3. The molecule has 102 valence electrons. The summed E-state index contributed by atoms with van der Waals surface area (Å²) in [6.45, 7) is 5.38. The SMILES string of the molecule is Cc1ccc(NC(=O)OC(C)C)cc1C=CC(=O)O. The van der Waals surface area contributed by atoms with Gasteiger partial charge in [0.2, 0.25) is 0 Å². The molecule has 2 N–H and O–H groups in total. The smallest absolute Gasteiger partial charge is 0.411 e. The molecule has 0 aliphatic carbocycles. The maximum atomic E-state index is 11.4. The van der Waals surface area contributed by atoms with E-state index in [-0.39, 0.29) is 6.10 Å². The van der Waals surface area contributed by atoms with Gasteiger partial charge >= 0.3 is 12.1 Å². The van der Waals surface area contributed by atoms with Crippen molar-refractivity contribution in [1.82, 2.24) is 0 Å². The predicted octanol–water partition coefficient (Wildman–Crippen LogP) is 3.05. The van der Waals surface area contributed by atoms with Crippen molar-refractivity contribution in [3.63, 3.8) is 0 Å². The molecule has 0 aliphatic rings. The predicted molar refractivity (Wildman–Crippen MR) is 73.1 cm³/mol. The molecule has 0 saturated carbocycles. The molecule has 5 nitrogen and oxygen atoms in total. The minimum atomic E-state index is -1.02. The van der Waals surface area contributed by atoms with E-state index in [1.54, 1.807) is 32.0 Å². The van der Waals surface area contributed by atoms with Crippen LogP contribution >= 0.6 is 0 Å². The zero-order valence-corrected chi connectivity index (χ0v) is 11.1. The Kier molecular flexibility index (Phi) is 5.11. The second kappa shape index (κ2) is 6.58. The lowest BCUT2D eigenvalue weighted by Gasteiger charge is -2.10. The third-order valence-corrected chi connectivity index (χ3v) is 2.27. The molecule has 0 fully saturated rings. The van der Waals surface area contributed by atoms with E-state index in [1.165, 1.54) is 6.08 Å². The van der Waals surface area contributed by atoms with Crippen LogP contribution in [0.1, 0.15) is 25.0 Å². The first-order chi connectivity index (χ1) is 8.88. The zero-order chi connectivity index (χ0) is 14.4. The van der Waals surface area contributed by atoms with Crippen LogP contribution in [0.5, 0.6) is 0 Å². The first kappa shape index (κ1) is 14.8. The van der Waals surface area contributed by atoms with Gasteiger partial charge in [-0.2, -0.15) is 0 Å². The maximum Gasteiger partial charge on any atom is 0.411 e. The lowest BCUT2D eigenvalue weighted by atomic mass is 10.1. The minimum absolute atomic E-state index is 0.197. The molecule has 0 spiro atoms. The largest absolute Gasteiger partial charge is 0.478 e. The van der Waals surface area contributed by atoms with E-state index in [4.69, 9.17) is 9.84 Å². The Hall–Kier alpha value is -2.30. The molecule has 1 amide bonds. The Morgan fingerprint density at radius 3 is 2.63 bits per heavy atom. The first-order valence-electron chi connectivity index (χ1n) is 5.88. The van der Waals surface area contributed by atoms with Gasteiger partial charge in [0.1, 0.15) is 0 Å². The van der Waals surface area contributed by atoms with Crippen LogP contribution in [-0.4, -0.2) is 23.3 Å². The van der Waals surface area contributed by atoms with E-state index in [1.807, 2.05) is 6.92 Å². The Morgan fingerprint density at radius 1 is 1.37 bits per heavy atom. The number of anilines is 1. The van der Waals surface area contributed by atoms with E-state index < -0.39 is 12.1 Å². The second-order valence-electron chi connectivity index (χ2n) is 4.32. The molecule has 0 bridgehead atoms. The molecule has 0 unspecified atom stereocenters. The zero-order valence-electron chi connectivity index (χ0n) is 11.1. The molecule has 19 heavy (non-hydrogen) atoms. The first-order valence-corrected chi connectivity index (χ1v) is 5.88. The van der Waals surface area contributed by atoms with Crippen LogP contribution in [0.25, 0.3) is 6.08 Å². The minimum Gasteiger partial charge on any atom is -0.478 e. The molecule has 5 heteroatoms. The van der Waals surface area contributed by atoms with Crippen LogP contribution in [0.2, 0.25) is 0 Å². The quantitative estimate of drug-likeness (QED) is 0.818. The Balaban J connectivity index is 2.84. The number of aryl methyl sites for hydroxylation is 1. The number of carbonyl (C=O) groups is 2. The summed E-state index contributed by atoms with van der Waals surface area (Å²) in [6.07, 6.45) is 1.80. The average molecular weight is 263 g/mol. The molecular weight excluding hydrogens is 246 g/mol. The monoisotopic (exact) mass is 263 g/mol. The van der Waals surface area contributed by atoms with E-state index in [9.17, 15) is 9.59 Å². The van der Waals surface area contributed by atoms with E-state index >= 15 is 0 Å². The van der Waals surface area contributed by atoms with Gasteiger partial charge in [-0.05, 0) is 50.1 Å². The molecule has 1 rings (SSSR count). The van der Waals surface area contributed by atoms with Gasteiger partial charge in [0, 0.05) is 11.8 Å². The van der Waals surface area contributed by atoms with Gasteiger partial charge in [-0.1, -0.05) is 6.07 Å². The van der Waals surface area contributed by atoms with Crippen LogP contribution < -0.4 is 5.32 Å². The van der Waals surface area contributed by atoms with E-state index in [0.29, 0.717) is 5.69 Å². The molecule has 0 heterocycles. The number of carboxylic acids is 1. The summed E-state index contributed by atoms with van der Waals surface area (Å²) in [5.41, 5.74) is 2.20. The van der Waals surface area contributed by atoms with Crippen molar-refractivity contribution in [3.05, 3.63) is 35.4 Å². The van der Waals surface area contributed by atoms with Crippen molar-refractivity contribution in [2.45, 2.75) is 26.9 Å². The van der Waals surface area contributed by atoms with Crippen molar-refractivity contribution in [3.8, 4) is 0 Å². The van der Waals surface area contributed by atoms with Gasteiger partial charge in [-0.3, -0.25) is 5.32 Å². The van der Waals surface area contributed by atoms with Gasteiger partial charge in [0.05, 0.1) is 6.10 Å². The number of aliphatic carboxylic acids is 1. The van der Waals surface area contributed by atoms with Crippen molar-refractivity contribution in [1.29, 1.82) is 0 Å². The van der Waals surface area contributed by atoms with Gasteiger partial charge in [0.25, 0.3) is 0 Å². The van der Waals surface area contributed by atoms with Crippen molar-refractivity contribution < 1.29 is 19.4 Å². The van der Waals surface area contributed by atoms with E-state index in [2.05, 4.69) is 5.32 Å². The molecule has 0 radical (unpaired) electrons. The normalized spacial score (nSPS) is 10.7. The summed E-state index contributed by atoms with van der Waals surface area (Å²) in [5.74, 6) is -1.02. The fourth-order valence-corrected chi connectivity index (χ4v) is 1.42. The lowest BCUT2D eigenvalue weighted by Crippen LogP contribution is -2.18. The third kappa shape index (κ3) is 5.25. The highest BCUT2D eigenvalue weighted by molar-refractivity contribution is 5.87. The van der Waals surface area contributed by atoms with Crippen molar-refractivity contribution in [2.24, 2.45) is 0 Å². The highest BCUT2D eigenvalue weighted by Crippen LogP contribution is 2.17. The fraction of sp³-hybridized carbons (Fsp3) is 0.286. The second-order valence-corrected chi connectivity index (χ2v) is 4.32. The molecule has 0 saturated heterocycles. The molecular formula is C14H17NO4. The number of ether oxygens (including phenoxy) is 1. The van der Waals surface area contributed by atoms with Crippen molar-refractivity contribution >= 4 is 23.8 Å². The van der Waals surface area contributed by atoms with Gasteiger partial charge < -0.3 is 9.84 Å². The molecule has 0 atom stereocenters. The maximum absolute atomic E-state index is 11.4. The lowest BCUT2D eigenvalue weighted by molar-refractivity contribution is -0.131. The Morgan fingerprint density at radius 2 is 2.05 bits per heavy atom. The molecule has 1 aromatic rings. The number of carboxylic acid groups (broad SMARTS) is 1. The fourth-order valence-electron chi connectivity index (χ4n) is 1.42. The van der Waals surface area contributed by atoms with Crippen molar-refractivity contribution in [2.75, 3.05) is 5.32 Å². The number of rotatable bonds is 4. The standard InChI is InChI=1S/C14H17NO4/c1-9(2)19-14(18)15-12-6-4-10(3)11(8-12)5-7-13(16)17/h4-9H,1-3H3,(H,15,18)(H,16,17). The topological polar surface area (TPSA) is 75.6 Å². The summed E-state index contributed by atoms with van der Waals surface area (Å²) < 4.78 is 4.96. The van der Waals surface area contributed by atoms with Gasteiger partial charge in [-0.25, -0.2) is 9.59 Å². The highest BCUT2D eigenvalue weighted by Gasteiger charge is 2.06. The summed E-state index contributed by atoms with van der Waals surface area (Å²) >= 11 is 0. The number of amides is 1. The number of hydrogen-bond donors (Lipinski definition) is 2. The van der Waals surface area contributed by atoms with Gasteiger partial charge in [-0.15, -0.1) is 0 Å². The van der Waals surface area contributed by atoms with Crippen LogP contribution in [0, 0.1) is 6.92 Å². The number of benzene rings is 1. The Bertz CT molecular complexity index is 506. The molecule has 1 aromatic carbocycles. The number of nitrogens with one attached hydrogen (secondary N) is 1. The van der Waals surface area contributed by atoms with Crippen LogP contribution in [0.4, 0.5) is 10.5 Å². The Labute approximate surface area is 111 Å². The number of carbonyl (C=O) groups excluding carboxylic acids is 1. The van der Waals surface area contributed by atoms with Gasteiger partial charge in [0.15, 0.2) is 0 Å². The van der Waals surface area contributed by atoms with Crippen LogP contribution in [0.3, 0.4) is 0 Å². The van der Waals surface area contributed by atoms with Crippen LogP contribution in [0.15, 0.2) is 24.3 Å². The summed E-state index contributed by atoms with van der Waals surface area (Å²) in [5, 5.41) is 11.2. The highest BCUT2D eigenvalue weighted by atomic mass is 16.6. The summed E-state index contributed by atoms with van der Waals surface area (Å²) in [4.78, 5) is 21.9. The average Bonchev–Trinajstić information content (AvgIpc) is 2.28. The molecule has 0 aromatic heterocycles. The summed E-state index contributed by atoms with van der Waals surface area (Å²) in [6, 6.07) is 5.22.